The summed E-state index contributed by atoms with van der Waals surface area (Å²) in [6.07, 6.45) is -0.325. The Bertz CT molecular complexity index is 570. The first kappa shape index (κ1) is 13.9. The Hall–Kier alpha value is -1.54. The first-order valence-electron chi connectivity index (χ1n) is 5.99. The van der Waals surface area contributed by atoms with Gasteiger partial charge in [0.25, 0.3) is 0 Å². The van der Waals surface area contributed by atoms with Gasteiger partial charge in [0, 0.05) is 11.0 Å². The van der Waals surface area contributed by atoms with Crippen molar-refractivity contribution in [1.82, 2.24) is 4.90 Å². The van der Waals surface area contributed by atoms with Gasteiger partial charge in [0.1, 0.15) is 5.60 Å². The second-order valence-electron chi connectivity index (χ2n) is 5.54. The minimum absolute atomic E-state index is 0.325. The third-order valence-electron chi connectivity index (χ3n) is 2.78. The Morgan fingerprint density at radius 2 is 2.11 bits per heavy atom. The summed E-state index contributed by atoms with van der Waals surface area (Å²) in [4.78, 5) is 13.7. The van der Waals surface area contributed by atoms with Crippen molar-refractivity contribution in [3.05, 3.63) is 33.3 Å². The van der Waals surface area contributed by atoms with Crippen molar-refractivity contribution in [3.8, 4) is 6.07 Å². The van der Waals surface area contributed by atoms with E-state index in [1.807, 2.05) is 26.8 Å². The van der Waals surface area contributed by atoms with Crippen molar-refractivity contribution in [2.45, 2.75) is 39.5 Å². The predicted octanol–water partition coefficient (Wildman–Crippen LogP) is 3.57. The molecule has 0 aliphatic carbocycles. The van der Waals surface area contributed by atoms with E-state index in [0.29, 0.717) is 18.7 Å². The maximum atomic E-state index is 12.0. The van der Waals surface area contributed by atoms with Gasteiger partial charge in [0.05, 0.1) is 18.2 Å². The minimum atomic E-state index is -0.499. The molecule has 4 nitrogen and oxygen atoms in total. The van der Waals surface area contributed by atoms with Crippen LogP contribution in [-0.4, -0.2) is 16.6 Å². The summed E-state index contributed by atoms with van der Waals surface area (Å²) in [5, 5.41) is 8.95. The molecule has 0 bridgehead atoms. The topological polar surface area (TPSA) is 53.3 Å². The molecule has 1 aliphatic heterocycles. The number of ether oxygens (including phenoxy) is 1. The first-order chi connectivity index (χ1) is 8.80. The highest BCUT2D eigenvalue weighted by atomic mass is 79.9. The van der Waals surface area contributed by atoms with Gasteiger partial charge >= 0.3 is 6.09 Å². The van der Waals surface area contributed by atoms with Crippen LogP contribution in [0.1, 0.15) is 37.5 Å². The van der Waals surface area contributed by atoms with E-state index in [9.17, 15) is 4.79 Å². The summed E-state index contributed by atoms with van der Waals surface area (Å²) in [5.41, 5.74) is 2.14. The molecule has 1 amide bonds. The molecule has 1 heterocycles. The Morgan fingerprint density at radius 1 is 1.42 bits per heavy atom. The summed E-state index contributed by atoms with van der Waals surface area (Å²) in [7, 11) is 0. The van der Waals surface area contributed by atoms with E-state index in [1.165, 1.54) is 0 Å². The number of amides is 1. The smallest absolute Gasteiger partial charge is 0.410 e. The SMILES string of the molecule is CC(C)(C)OC(=O)N1Cc2cc(C#N)cc(Br)c2C1. The van der Waals surface area contributed by atoms with E-state index in [-0.39, 0.29) is 6.09 Å². The molecule has 1 aromatic rings. The molecule has 0 radical (unpaired) electrons. The van der Waals surface area contributed by atoms with E-state index in [1.54, 1.807) is 11.0 Å². The molecule has 2 rings (SSSR count). The van der Waals surface area contributed by atoms with Gasteiger partial charge in [0.2, 0.25) is 0 Å². The maximum absolute atomic E-state index is 12.0. The number of nitrogens with zero attached hydrogens (tertiary/aromatic N) is 2. The Labute approximate surface area is 121 Å². The molecule has 0 saturated carbocycles. The maximum Gasteiger partial charge on any atom is 0.410 e. The largest absolute Gasteiger partial charge is 0.444 e. The molecule has 1 aliphatic rings. The summed E-state index contributed by atoms with van der Waals surface area (Å²) >= 11 is 3.45. The molecule has 0 N–H and O–H groups in total. The quantitative estimate of drug-likeness (QED) is 0.733. The highest BCUT2D eigenvalue weighted by molar-refractivity contribution is 9.10. The monoisotopic (exact) mass is 322 g/mol. The normalized spacial score (nSPS) is 13.9. The van der Waals surface area contributed by atoms with Gasteiger partial charge in [-0.1, -0.05) is 15.9 Å². The summed E-state index contributed by atoms with van der Waals surface area (Å²) < 4.78 is 6.22. The lowest BCUT2D eigenvalue weighted by Crippen LogP contribution is -2.33. The number of halogens is 1. The van der Waals surface area contributed by atoms with Crippen LogP contribution in [-0.2, 0) is 17.8 Å². The second-order valence-corrected chi connectivity index (χ2v) is 6.40. The predicted molar refractivity (Wildman–Crippen MR) is 74.3 cm³/mol. The second kappa shape index (κ2) is 4.86. The Kier molecular flexibility index (Phi) is 3.55. The zero-order valence-corrected chi connectivity index (χ0v) is 12.7. The molecule has 0 fully saturated rings. The lowest BCUT2D eigenvalue weighted by atomic mass is 10.1. The fourth-order valence-corrected chi connectivity index (χ4v) is 2.61. The van der Waals surface area contributed by atoms with Crippen molar-refractivity contribution in [2.24, 2.45) is 0 Å². The van der Waals surface area contributed by atoms with Gasteiger partial charge in [-0.2, -0.15) is 5.26 Å². The van der Waals surface area contributed by atoms with Crippen molar-refractivity contribution in [1.29, 1.82) is 5.26 Å². The third-order valence-corrected chi connectivity index (χ3v) is 3.49. The first-order valence-corrected chi connectivity index (χ1v) is 6.79. The van der Waals surface area contributed by atoms with Gasteiger partial charge in [-0.05, 0) is 44.0 Å². The van der Waals surface area contributed by atoms with Crippen LogP contribution in [0.2, 0.25) is 0 Å². The number of carbonyl (C=O) groups is 1. The van der Waals surface area contributed by atoms with Crippen LogP contribution in [0.25, 0.3) is 0 Å². The van der Waals surface area contributed by atoms with Crippen LogP contribution in [0.4, 0.5) is 4.79 Å². The highest BCUT2D eigenvalue weighted by Gasteiger charge is 2.29. The van der Waals surface area contributed by atoms with Crippen molar-refractivity contribution >= 4 is 22.0 Å². The zero-order valence-electron chi connectivity index (χ0n) is 11.2. The van der Waals surface area contributed by atoms with Crippen LogP contribution in [0, 0.1) is 11.3 Å². The van der Waals surface area contributed by atoms with Gasteiger partial charge in [-0.25, -0.2) is 4.79 Å². The van der Waals surface area contributed by atoms with Crippen LogP contribution < -0.4 is 0 Å². The van der Waals surface area contributed by atoms with Gasteiger partial charge in [-0.15, -0.1) is 0 Å². The fraction of sp³-hybridized carbons (Fsp3) is 0.429. The number of carbonyl (C=O) groups excluding carboxylic acids is 1. The van der Waals surface area contributed by atoms with Crippen LogP contribution in [0.3, 0.4) is 0 Å². The molecule has 0 aromatic heterocycles. The van der Waals surface area contributed by atoms with E-state index >= 15 is 0 Å². The third kappa shape index (κ3) is 3.07. The Morgan fingerprint density at radius 3 is 2.68 bits per heavy atom. The molecule has 19 heavy (non-hydrogen) atoms. The number of benzene rings is 1. The number of fused-ring (bicyclic) bond motifs is 1. The van der Waals surface area contributed by atoms with E-state index in [4.69, 9.17) is 10.00 Å². The molecular weight excluding hydrogens is 308 g/mol. The minimum Gasteiger partial charge on any atom is -0.444 e. The Balaban J connectivity index is 2.19. The average molecular weight is 323 g/mol. The van der Waals surface area contributed by atoms with E-state index in [0.717, 1.165) is 15.6 Å². The lowest BCUT2D eigenvalue weighted by Gasteiger charge is -2.24. The van der Waals surface area contributed by atoms with Crippen molar-refractivity contribution in [2.75, 3.05) is 0 Å². The average Bonchev–Trinajstić information content (AvgIpc) is 2.71. The molecule has 0 spiro atoms. The molecule has 100 valence electrons. The van der Waals surface area contributed by atoms with Crippen LogP contribution in [0.15, 0.2) is 16.6 Å². The van der Waals surface area contributed by atoms with E-state index in [2.05, 4.69) is 22.0 Å². The summed E-state index contributed by atoms with van der Waals surface area (Å²) in [6.45, 7) is 6.53. The molecular formula is C14H15BrN2O2. The highest BCUT2D eigenvalue weighted by Crippen LogP contribution is 2.31. The van der Waals surface area contributed by atoms with Crippen molar-refractivity contribution < 1.29 is 9.53 Å². The molecule has 0 saturated heterocycles. The number of hydrogen-bond donors (Lipinski definition) is 0. The zero-order chi connectivity index (χ0) is 14.2. The summed E-state index contributed by atoms with van der Waals surface area (Å²) in [5.74, 6) is 0. The lowest BCUT2D eigenvalue weighted by molar-refractivity contribution is 0.0241. The fourth-order valence-electron chi connectivity index (χ4n) is 1.98. The van der Waals surface area contributed by atoms with Gasteiger partial charge in [0.15, 0.2) is 0 Å². The molecule has 1 aromatic carbocycles. The standard InChI is InChI=1S/C14H15BrN2O2/c1-14(2,3)19-13(18)17-7-10-4-9(6-16)5-12(15)11(10)8-17/h4-5H,7-8H2,1-3H3. The van der Waals surface area contributed by atoms with Gasteiger partial charge < -0.3 is 4.74 Å². The molecule has 0 atom stereocenters. The van der Waals surface area contributed by atoms with Crippen molar-refractivity contribution in [3.63, 3.8) is 0 Å². The molecule has 0 unspecified atom stereocenters. The number of rotatable bonds is 0. The molecule has 5 heteroatoms. The van der Waals surface area contributed by atoms with Gasteiger partial charge in [-0.3, -0.25) is 4.90 Å². The van der Waals surface area contributed by atoms with Crippen LogP contribution in [0.5, 0.6) is 0 Å². The number of nitriles is 1. The summed E-state index contributed by atoms with van der Waals surface area (Å²) in [6, 6.07) is 5.71. The van der Waals surface area contributed by atoms with E-state index < -0.39 is 5.60 Å². The number of hydrogen-bond acceptors (Lipinski definition) is 3. The van der Waals surface area contributed by atoms with Crippen LogP contribution >= 0.6 is 15.9 Å².